The van der Waals surface area contributed by atoms with Crippen molar-refractivity contribution in [2.75, 3.05) is 68.8 Å². The highest BCUT2D eigenvalue weighted by atomic mass is 16.6. The molecule has 79 heavy (non-hydrogen) atoms. The van der Waals surface area contributed by atoms with Crippen LogP contribution in [0.3, 0.4) is 0 Å². The normalized spacial score (nSPS) is 26.6. The molecule has 3 N–H and O–H groups in total. The molecule has 22 heteroatoms. The fourth-order valence-electron chi connectivity index (χ4n) is 14.3. The molecule has 8 fully saturated rings. The second kappa shape index (κ2) is 20.0. The number of nitrogens with one attached hydrogen (secondary N) is 3. The fraction of sp³-hybridized carbons (Fsp3) is 0.544. The van der Waals surface area contributed by atoms with Crippen LogP contribution in [0.2, 0.25) is 0 Å². The van der Waals surface area contributed by atoms with Gasteiger partial charge in [0.05, 0.1) is 36.9 Å². The number of anilines is 6. The number of hydrogen-bond donors (Lipinski definition) is 3. The summed E-state index contributed by atoms with van der Waals surface area (Å²) in [6, 6.07) is 13.5. The largest absolute Gasteiger partial charge is 0.441 e. The molecule has 4 unspecified atom stereocenters. The molecule has 6 aromatic heterocycles. The molecule has 2 spiro atoms. The van der Waals surface area contributed by atoms with Gasteiger partial charge in [-0.15, -0.1) is 0 Å². The maximum Gasteiger partial charge on any atom is 0.415 e. The molecule has 14 rings (SSSR count). The third-order valence-electron chi connectivity index (χ3n) is 18.1. The van der Waals surface area contributed by atoms with Crippen molar-refractivity contribution in [3.8, 4) is 0 Å². The number of hydrogen-bond acceptors (Lipinski definition) is 16. The highest BCUT2D eigenvalue weighted by molar-refractivity contribution is 5.99. The highest BCUT2D eigenvalue weighted by Gasteiger charge is 2.55. The number of rotatable bonds is 10. The lowest BCUT2D eigenvalue weighted by Gasteiger charge is -2.41. The topological polar surface area (TPSA) is 226 Å². The summed E-state index contributed by atoms with van der Waals surface area (Å²) >= 11 is 0. The molecule has 6 saturated heterocycles. The minimum atomic E-state index is -0.407. The molecule has 0 radical (unpaired) electrons. The van der Waals surface area contributed by atoms with Gasteiger partial charge in [0, 0.05) is 113 Å². The van der Waals surface area contributed by atoms with Crippen LogP contribution < -0.4 is 25.8 Å². The average molecular weight is 1080 g/mol. The van der Waals surface area contributed by atoms with Gasteiger partial charge in [0.25, 0.3) is 11.8 Å². The Bertz CT molecular complexity index is 3300. The van der Waals surface area contributed by atoms with Crippen LogP contribution in [0, 0.1) is 0 Å². The molecule has 6 aromatic rings. The van der Waals surface area contributed by atoms with Gasteiger partial charge in [-0.1, -0.05) is 25.7 Å². The number of piperidine rings is 2. The molecule has 414 valence electrons. The first kappa shape index (κ1) is 51.0. The minimum absolute atomic E-state index is 0.0354. The number of nitrogens with zero attached hydrogens (tertiary/aromatic N) is 13. The van der Waals surface area contributed by atoms with Crippen molar-refractivity contribution in [3.63, 3.8) is 0 Å². The summed E-state index contributed by atoms with van der Waals surface area (Å²) in [5, 5.41) is 11.7. The fourth-order valence-corrected chi connectivity index (χ4v) is 14.3. The smallest absolute Gasteiger partial charge is 0.415 e. The van der Waals surface area contributed by atoms with E-state index in [9.17, 15) is 19.2 Å². The Morgan fingerprint density at radius 1 is 0.570 bits per heavy atom. The maximum atomic E-state index is 13.0. The van der Waals surface area contributed by atoms with E-state index in [0.29, 0.717) is 77.9 Å². The van der Waals surface area contributed by atoms with Crippen LogP contribution in [0.5, 0.6) is 0 Å². The van der Waals surface area contributed by atoms with Crippen LogP contribution in [-0.4, -0.2) is 161 Å². The van der Waals surface area contributed by atoms with Gasteiger partial charge in [0.15, 0.2) is 0 Å². The maximum absolute atomic E-state index is 13.0. The second-order valence-electron chi connectivity index (χ2n) is 23.9. The van der Waals surface area contributed by atoms with E-state index in [-0.39, 0.29) is 36.1 Å². The lowest BCUT2D eigenvalue weighted by Crippen LogP contribution is -2.51. The van der Waals surface area contributed by atoms with E-state index in [1.807, 2.05) is 36.4 Å². The number of amides is 4. The van der Waals surface area contributed by atoms with E-state index in [1.54, 1.807) is 72.6 Å². The van der Waals surface area contributed by atoms with Crippen molar-refractivity contribution in [2.45, 2.75) is 150 Å². The summed E-state index contributed by atoms with van der Waals surface area (Å²) in [5.41, 5.74) is 3.42. The standard InChI is InChI=1S/C29H36N8O3.C28H34N8O3/c1-34(2)26(38)23-12-18-15-31-27(33-25(18)37(23)19-6-4-5-7-19)32-24-11-10-22(16-30-24)36-17-29(40-28(36)39)13-20-8-9-21(14-29)35(20)3;1-34(2)25(37)22-11-17-14-30-26(33-24(17)36(22)20-5-3-4-6-20)32-23-10-9-21(15-29-23)35-16-28(39-27(35)38)12-18-7-8-19(13-28)31-18/h10-12,15-16,19-21H,4-9,13-14,17H2,1-3H3,(H,30,31,32,33);9-11,14-15,18-20,31H,3-8,12-13,16H2,1-2H3,(H,29,30,32,33). The van der Waals surface area contributed by atoms with Crippen molar-refractivity contribution in [1.29, 1.82) is 0 Å². The van der Waals surface area contributed by atoms with Crippen LogP contribution in [0.25, 0.3) is 22.1 Å². The number of aromatic nitrogens is 8. The zero-order chi connectivity index (χ0) is 54.3. The molecule has 2 saturated carbocycles. The first-order chi connectivity index (χ1) is 38.2. The summed E-state index contributed by atoms with van der Waals surface area (Å²) in [6.07, 6.45) is 23.2. The van der Waals surface area contributed by atoms with Gasteiger partial charge in [-0.25, -0.2) is 29.5 Å². The third kappa shape index (κ3) is 9.52. The van der Waals surface area contributed by atoms with Gasteiger partial charge in [-0.2, -0.15) is 9.97 Å². The Morgan fingerprint density at radius 2 is 1.00 bits per heavy atom. The van der Waals surface area contributed by atoms with Gasteiger partial charge >= 0.3 is 12.2 Å². The van der Waals surface area contributed by atoms with Crippen LogP contribution in [-0.2, 0) is 9.47 Å². The van der Waals surface area contributed by atoms with E-state index >= 15 is 0 Å². The van der Waals surface area contributed by atoms with Gasteiger partial charge in [0.1, 0.15) is 45.5 Å². The summed E-state index contributed by atoms with van der Waals surface area (Å²) < 4.78 is 16.1. The van der Waals surface area contributed by atoms with Gasteiger partial charge in [-0.3, -0.25) is 19.4 Å². The monoisotopic (exact) mass is 1070 g/mol. The molecule has 2 aliphatic carbocycles. The van der Waals surface area contributed by atoms with E-state index in [4.69, 9.17) is 19.4 Å². The first-order valence-electron chi connectivity index (χ1n) is 28.3. The Labute approximate surface area is 458 Å². The SMILES string of the molecule is CN(C)C(=O)c1cc2cnc(Nc3ccc(N4CC5(CC6CCC(C5)N6)OC4=O)cn3)nc2n1C1CCCC1.CN(C)C(=O)c1cc2cnc(Nc3ccc(N4CC5(CC6CCC(C5)N6C)OC4=O)cn3)nc2n1C1CCCC1. The molecule has 8 aliphatic rings. The van der Waals surface area contributed by atoms with Gasteiger partial charge in [0.2, 0.25) is 11.9 Å². The van der Waals surface area contributed by atoms with Gasteiger partial charge in [-0.05, 0) is 94.8 Å². The van der Waals surface area contributed by atoms with Gasteiger partial charge < -0.3 is 49.3 Å². The summed E-state index contributed by atoms with van der Waals surface area (Å²) in [5.74, 6) is 1.90. The molecule has 4 amide bonds. The third-order valence-corrected chi connectivity index (χ3v) is 18.1. The molecule has 12 heterocycles. The Balaban J connectivity index is 0.000000150. The predicted molar refractivity (Wildman–Crippen MR) is 297 cm³/mol. The van der Waals surface area contributed by atoms with E-state index in [1.165, 1.54) is 12.8 Å². The van der Waals surface area contributed by atoms with Crippen LogP contribution >= 0.6 is 0 Å². The Hall–Kier alpha value is -7.46. The zero-order valence-corrected chi connectivity index (χ0v) is 45.7. The molecule has 6 aliphatic heterocycles. The van der Waals surface area contributed by atoms with Crippen molar-refractivity contribution in [3.05, 3.63) is 72.6 Å². The van der Waals surface area contributed by atoms with Crippen molar-refractivity contribution in [1.82, 2.24) is 59.1 Å². The van der Waals surface area contributed by atoms with Crippen LogP contribution in [0.15, 0.2) is 61.2 Å². The molecule has 0 aromatic carbocycles. The molecule has 22 nitrogen and oxygen atoms in total. The summed E-state index contributed by atoms with van der Waals surface area (Å²) in [6.45, 7) is 1.12. The van der Waals surface area contributed by atoms with Crippen LogP contribution in [0.1, 0.15) is 136 Å². The minimum Gasteiger partial charge on any atom is -0.441 e. The van der Waals surface area contributed by atoms with Crippen molar-refractivity contribution < 1.29 is 28.7 Å². The quantitative estimate of drug-likeness (QED) is 0.117. The van der Waals surface area contributed by atoms with Crippen molar-refractivity contribution in [2.24, 2.45) is 0 Å². The molecule has 4 atom stereocenters. The molecular formula is C57H70N16O6. The summed E-state index contributed by atoms with van der Waals surface area (Å²) in [4.78, 5) is 88.4. The lowest BCUT2D eigenvalue weighted by molar-refractivity contribution is -0.0221. The predicted octanol–water partition coefficient (Wildman–Crippen LogP) is 8.34. The molecule has 4 bridgehead atoms. The van der Waals surface area contributed by atoms with Crippen molar-refractivity contribution >= 4 is 81.0 Å². The number of carbonyl (C=O) groups is 4. The zero-order valence-electron chi connectivity index (χ0n) is 45.7. The molecular weight excluding hydrogens is 1000 g/mol. The Morgan fingerprint density at radius 3 is 1.41 bits per heavy atom. The number of fused-ring (bicyclic) bond motifs is 6. The highest BCUT2D eigenvalue weighted by Crippen LogP contribution is 2.46. The first-order valence-corrected chi connectivity index (χ1v) is 28.3. The second-order valence-corrected chi connectivity index (χ2v) is 23.9. The average Bonchev–Trinajstić information content (AvgIpc) is 4.54. The Kier molecular flexibility index (Phi) is 12.9. The van der Waals surface area contributed by atoms with E-state index < -0.39 is 11.2 Å². The lowest BCUT2D eigenvalue weighted by atomic mass is 9.86. The summed E-state index contributed by atoms with van der Waals surface area (Å²) in [7, 11) is 9.27. The van der Waals surface area contributed by atoms with E-state index in [2.05, 4.69) is 57.0 Å². The number of pyridine rings is 2. The van der Waals surface area contributed by atoms with E-state index in [0.717, 1.165) is 118 Å². The van der Waals surface area contributed by atoms with Crippen LogP contribution in [0.4, 0.5) is 44.5 Å². The number of ether oxygens (including phenoxy) is 2. The number of carbonyl (C=O) groups excluding carboxylic acids is 4.